The van der Waals surface area contributed by atoms with Crippen molar-refractivity contribution in [3.05, 3.63) is 35.4 Å². The number of carbonyl (C=O) groups is 1. The van der Waals surface area contributed by atoms with Crippen LogP contribution in [0.15, 0.2) is 24.3 Å². The zero-order valence-corrected chi connectivity index (χ0v) is 14.0. The number of rotatable bonds is 4. The lowest BCUT2D eigenvalue weighted by Crippen LogP contribution is -2.33. The van der Waals surface area contributed by atoms with Crippen LogP contribution in [0.5, 0.6) is 0 Å². The number of halogens is 1. The van der Waals surface area contributed by atoms with Gasteiger partial charge in [-0.15, -0.1) is 0 Å². The normalized spacial score (nSPS) is 13.4. The maximum Gasteiger partial charge on any atom is 0.251 e. The Bertz CT molecular complexity index is 435. The van der Waals surface area contributed by atoms with E-state index in [-0.39, 0.29) is 11.3 Å². The lowest BCUT2D eigenvalue weighted by atomic mass is 9.83. The van der Waals surface area contributed by atoms with Crippen molar-refractivity contribution in [1.82, 2.24) is 5.32 Å². The molecule has 1 aromatic carbocycles. The van der Waals surface area contributed by atoms with Crippen LogP contribution < -0.4 is 5.32 Å². The molecule has 1 unspecified atom stereocenters. The first-order valence-corrected chi connectivity index (χ1v) is 7.67. The predicted molar refractivity (Wildman–Crippen MR) is 85.0 cm³/mol. The average Bonchev–Trinajstić information content (AvgIpc) is 2.34. The van der Waals surface area contributed by atoms with Gasteiger partial charge in [-0.1, -0.05) is 68.7 Å². The van der Waals surface area contributed by atoms with E-state index in [0.717, 1.165) is 11.1 Å². The third kappa shape index (κ3) is 4.64. The van der Waals surface area contributed by atoms with Gasteiger partial charge in [0.05, 0.1) is 0 Å². The average molecular weight is 326 g/mol. The van der Waals surface area contributed by atoms with Crippen molar-refractivity contribution in [2.24, 2.45) is 5.92 Å². The summed E-state index contributed by atoms with van der Waals surface area (Å²) in [4.78, 5) is 12.6. The van der Waals surface area contributed by atoms with Crippen LogP contribution in [0, 0.1) is 5.92 Å². The molecule has 106 valence electrons. The number of carbonyl (C=O) groups excluding carboxylic acids is 1. The van der Waals surface area contributed by atoms with E-state index < -0.39 is 0 Å². The van der Waals surface area contributed by atoms with Gasteiger partial charge in [-0.3, -0.25) is 4.79 Å². The van der Waals surface area contributed by atoms with E-state index in [2.05, 4.69) is 55.9 Å². The molecule has 1 amide bonds. The molecule has 0 fully saturated rings. The van der Waals surface area contributed by atoms with E-state index in [9.17, 15) is 4.79 Å². The summed E-state index contributed by atoms with van der Waals surface area (Å²) in [5.74, 6) is 0.508. The van der Waals surface area contributed by atoms with Gasteiger partial charge in [-0.25, -0.2) is 0 Å². The summed E-state index contributed by atoms with van der Waals surface area (Å²) >= 11 is 3.59. The van der Waals surface area contributed by atoms with Crippen molar-refractivity contribution < 1.29 is 4.79 Å². The number of nitrogens with one attached hydrogen (secondary N) is 1. The zero-order valence-electron chi connectivity index (χ0n) is 12.5. The molecule has 0 saturated heterocycles. The van der Waals surface area contributed by atoms with Crippen LogP contribution in [-0.2, 0) is 5.41 Å². The van der Waals surface area contributed by atoms with Crippen molar-refractivity contribution in [2.45, 2.75) is 44.9 Å². The number of hydrogen-bond donors (Lipinski definition) is 1. The smallest absolute Gasteiger partial charge is 0.251 e. The Labute approximate surface area is 125 Å². The summed E-state index contributed by atoms with van der Waals surface area (Å²) in [5.41, 5.74) is 1.83. The van der Waals surface area contributed by atoms with E-state index in [1.807, 2.05) is 24.3 Å². The number of amides is 1. The largest absolute Gasteiger partial charge is 0.351 e. The highest BCUT2D eigenvalue weighted by Crippen LogP contribution is 2.25. The Morgan fingerprint density at radius 1 is 1.26 bits per heavy atom. The van der Waals surface area contributed by atoms with E-state index in [1.165, 1.54) is 0 Å². The molecule has 0 spiro atoms. The quantitative estimate of drug-likeness (QED) is 0.828. The fraction of sp³-hybridized carbons (Fsp3) is 0.562. The van der Waals surface area contributed by atoms with E-state index in [4.69, 9.17) is 0 Å². The summed E-state index contributed by atoms with van der Waals surface area (Å²) in [7, 11) is 0. The van der Waals surface area contributed by atoms with Gasteiger partial charge in [0.15, 0.2) is 0 Å². The molecular formula is C16H24BrNO. The van der Waals surface area contributed by atoms with Gasteiger partial charge in [0, 0.05) is 16.9 Å². The fourth-order valence-corrected chi connectivity index (χ4v) is 2.02. The third-order valence-corrected chi connectivity index (χ3v) is 4.54. The molecule has 0 aliphatic rings. The first kappa shape index (κ1) is 16.2. The van der Waals surface area contributed by atoms with E-state index >= 15 is 0 Å². The molecule has 0 aromatic heterocycles. The van der Waals surface area contributed by atoms with Crippen molar-refractivity contribution >= 4 is 21.8 Å². The first-order valence-electron chi connectivity index (χ1n) is 6.75. The Hall–Kier alpha value is -0.830. The second kappa shape index (κ2) is 6.56. The zero-order chi connectivity index (χ0) is 14.6. The van der Waals surface area contributed by atoms with E-state index in [0.29, 0.717) is 17.3 Å². The Kier molecular flexibility index (Phi) is 5.60. The Morgan fingerprint density at radius 3 is 2.37 bits per heavy atom. The maximum absolute atomic E-state index is 12.3. The molecule has 0 aliphatic carbocycles. The van der Waals surface area contributed by atoms with Crippen LogP contribution in [0.4, 0.5) is 0 Å². The van der Waals surface area contributed by atoms with Gasteiger partial charge in [0.25, 0.3) is 5.91 Å². The minimum atomic E-state index is -0.0280. The molecule has 3 heteroatoms. The molecule has 1 aromatic rings. The van der Waals surface area contributed by atoms with Crippen molar-refractivity contribution in [1.29, 1.82) is 0 Å². The second-order valence-corrected chi connectivity index (χ2v) is 7.44. The number of alkyl halides is 1. The highest BCUT2D eigenvalue weighted by atomic mass is 79.9. The van der Waals surface area contributed by atoms with Crippen molar-refractivity contribution in [2.75, 3.05) is 6.54 Å². The SMILES string of the molecule is CC(C)C(Br)CNC(=O)c1ccccc1C(C)(C)C. The molecule has 0 heterocycles. The highest BCUT2D eigenvalue weighted by molar-refractivity contribution is 9.09. The Balaban J connectivity index is 2.83. The van der Waals surface area contributed by atoms with E-state index in [1.54, 1.807) is 0 Å². The van der Waals surface area contributed by atoms with Gasteiger partial charge in [0.1, 0.15) is 0 Å². The second-order valence-electron chi connectivity index (χ2n) is 6.27. The third-order valence-electron chi connectivity index (χ3n) is 3.16. The molecule has 0 saturated carbocycles. The maximum atomic E-state index is 12.3. The highest BCUT2D eigenvalue weighted by Gasteiger charge is 2.21. The van der Waals surface area contributed by atoms with Gasteiger partial charge < -0.3 is 5.32 Å². The molecular weight excluding hydrogens is 302 g/mol. The van der Waals surface area contributed by atoms with Gasteiger partial charge in [0.2, 0.25) is 0 Å². The molecule has 0 aliphatic heterocycles. The molecule has 1 N–H and O–H groups in total. The molecule has 19 heavy (non-hydrogen) atoms. The Morgan fingerprint density at radius 2 is 1.84 bits per heavy atom. The predicted octanol–water partition coefficient (Wildman–Crippen LogP) is 4.13. The summed E-state index contributed by atoms with van der Waals surface area (Å²) < 4.78 is 0. The van der Waals surface area contributed by atoms with Gasteiger partial charge in [-0.2, -0.15) is 0 Å². The van der Waals surface area contributed by atoms with Crippen molar-refractivity contribution in [3.63, 3.8) is 0 Å². The standard InChI is InChI=1S/C16H24BrNO/c1-11(2)14(17)10-18-15(19)12-8-6-7-9-13(12)16(3,4)5/h6-9,11,14H,10H2,1-5H3,(H,18,19). The minimum Gasteiger partial charge on any atom is -0.351 e. The van der Waals surface area contributed by atoms with Crippen LogP contribution in [0.2, 0.25) is 0 Å². The van der Waals surface area contributed by atoms with Gasteiger partial charge in [-0.05, 0) is 23.0 Å². The molecule has 0 radical (unpaired) electrons. The van der Waals surface area contributed by atoms with Crippen LogP contribution in [-0.4, -0.2) is 17.3 Å². The van der Waals surface area contributed by atoms with Crippen LogP contribution in [0.1, 0.15) is 50.5 Å². The summed E-state index contributed by atoms with van der Waals surface area (Å²) in [6.45, 7) is 11.3. The minimum absolute atomic E-state index is 0.00984. The number of hydrogen-bond acceptors (Lipinski definition) is 1. The van der Waals surface area contributed by atoms with Crippen LogP contribution in [0.3, 0.4) is 0 Å². The topological polar surface area (TPSA) is 29.1 Å². The summed E-state index contributed by atoms with van der Waals surface area (Å²) in [5, 5.41) is 3.01. The number of benzene rings is 1. The molecule has 0 bridgehead atoms. The summed E-state index contributed by atoms with van der Waals surface area (Å²) in [6.07, 6.45) is 0. The summed E-state index contributed by atoms with van der Waals surface area (Å²) in [6, 6.07) is 7.83. The van der Waals surface area contributed by atoms with Gasteiger partial charge >= 0.3 is 0 Å². The van der Waals surface area contributed by atoms with Crippen LogP contribution in [0.25, 0.3) is 0 Å². The molecule has 1 atom stereocenters. The van der Waals surface area contributed by atoms with Crippen molar-refractivity contribution in [3.8, 4) is 0 Å². The fourth-order valence-electron chi connectivity index (χ4n) is 1.86. The lowest BCUT2D eigenvalue weighted by molar-refractivity contribution is 0.0950. The lowest BCUT2D eigenvalue weighted by Gasteiger charge is -2.23. The monoisotopic (exact) mass is 325 g/mol. The molecule has 1 rings (SSSR count). The first-order chi connectivity index (χ1) is 8.73. The molecule has 2 nitrogen and oxygen atoms in total. The van der Waals surface area contributed by atoms with Crippen LogP contribution >= 0.6 is 15.9 Å².